The van der Waals surface area contributed by atoms with Crippen LogP contribution in [0.3, 0.4) is 0 Å². The van der Waals surface area contributed by atoms with Gasteiger partial charge >= 0.3 is 5.97 Å². The first kappa shape index (κ1) is 14.7. The van der Waals surface area contributed by atoms with Crippen LogP contribution in [0.1, 0.15) is 22.5 Å². The Bertz CT molecular complexity index is 748. The van der Waals surface area contributed by atoms with E-state index in [2.05, 4.69) is 18.5 Å². The lowest BCUT2D eigenvalue weighted by Gasteiger charge is -2.15. The smallest absolute Gasteiger partial charge is 0.352 e. The summed E-state index contributed by atoms with van der Waals surface area (Å²) in [4.78, 5) is 13.5. The van der Waals surface area contributed by atoms with E-state index in [-0.39, 0.29) is 11.8 Å². The van der Waals surface area contributed by atoms with Gasteiger partial charge in [0.05, 0.1) is 5.52 Å². The summed E-state index contributed by atoms with van der Waals surface area (Å²) in [7, 11) is 3.84. The summed E-state index contributed by atoms with van der Waals surface area (Å²) in [6.45, 7) is 5.79. The van der Waals surface area contributed by atoms with Crippen molar-refractivity contribution < 1.29 is 14.6 Å². The fourth-order valence-corrected chi connectivity index (χ4v) is 3.13. The highest BCUT2D eigenvalue weighted by atomic mass is 16.5. The van der Waals surface area contributed by atoms with Crippen LogP contribution >= 0.6 is 0 Å². The molecule has 5 heteroatoms. The number of carboxylic acids is 1. The van der Waals surface area contributed by atoms with Gasteiger partial charge in [0.15, 0.2) is 0 Å². The van der Waals surface area contributed by atoms with Gasteiger partial charge < -0.3 is 19.3 Å². The van der Waals surface area contributed by atoms with E-state index in [1.54, 1.807) is 23.8 Å². The third-order valence-corrected chi connectivity index (χ3v) is 4.22. The number of ether oxygens (including phenoxy) is 1. The maximum atomic E-state index is 11.3. The number of carboxylic acid groups (broad SMARTS) is 1. The lowest BCUT2D eigenvalue weighted by molar-refractivity contribution is 0.0687. The highest BCUT2D eigenvalue weighted by Gasteiger charge is 2.22. The first-order valence-corrected chi connectivity index (χ1v) is 7.34. The molecule has 1 aliphatic heterocycles. The molecule has 1 aromatic heterocycles. The highest BCUT2D eigenvalue weighted by Crippen LogP contribution is 2.30. The van der Waals surface area contributed by atoms with Crippen LogP contribution in [-0.4, -0.2) is 46.8 Å². The number of rotatable bonds is 4. The largest absolute Gasteiger partial charge is 0.489 e. The Balaban J connectivity index is 2.02. The van der Waals surface area contributed by atoms with Crippen LogP contribution in [-0.2, 0) is 7.05 Å². The molecular formula is C17H20N2O3. The molecule has 2 aromatic rings. The van der Waals surface area contributed by atoms with E-state index in [4.69, 9.17) is 4.74 Å². The topological polar surface area (TPSA) is 54.7 Å². The standard InChI is InChI=1S/C17H20N2O3/c1-4-11-7-14(22-13-5-6-18(2)10-13)8-12-9-15(17(20)21)19(3)16(11)12/h4,7-9,13H,1,5-6,10H2,2-3H3,(H,20,21). The molecule has 22 heavy (non-hydrogen) atoms. The molecule has 116 valence electrons. The zero-order valence-corrected chi connectivity index (χ0v) is 12.9. The molecule has 0 saturated carbocycles. The summed E-state index contributed by atoms with van der Waals surface area (Å²) in [5.41, 5.74) is 2.01. The van der Waals surface area contributed by atoms with E-state index in [9.17, 15) is 9.90 Å². The lowest BCUT2D eigenvalue weighted by Crippen LogP contribution is -2.21. The van der Waals surface area contributed by atoms with Gasteiger partial charge in [-0.1, -0.05) is 12.7 Å². The molecule has 0 amide bonds. The molecule has 3 rings (SSSR count). The number of carbonyl (C=O) groups is 1. The van der Waals surface area contributed by atoms with Crippen LogP contribution in [0.15, 0.2) is 24.8 Å². The van der Waals surface area contributed by atoms with Crippen LogP contribution in [0.5, 0.6) is 5.75 Å². The molecule has 1 saturated heterocycles. The third kappa shape index (κ3) is 2.48. The quantitative estimate of drug-likeness (QED) is 0.943. The Hall–Kier alpha value is -2.27. The van der Waals surface area contributed by atoms with E-state index in [0.717, 1.165) is 41.7 Å². The number of nitrogens with zero attached hydrogens (tertiary/aromatic N) is 2. The second-order valence-electron chi connectivity index (χ2n) is 5.84. The summed E-state index contributed by atoms with van der Waals surface area (Å²) < 4.78 is 7.74. The van der Waals surface area contributed by atoms with Gasteiger partial charge in [0.25, 0.3) is 0 Å². The number of aryl methyl sites for hydroxylation is 1. The van der Waals surface area contributed by atoms with E-state index >= 15 is 0 Å². The van der Waals surface area contributed by atoms with Gasteiger partial charge in [0.2, 0.25) is 0 Å². The molecule has 1 unspecified atom stereocenters. The molecule has 5 nitrogen and oxygen atoms in total. The molecule has 0 bridgehead atoms. The Kier molecular flexibility index (Phi) is 3.66. The van der Waals surface area contributed by atoms with Gasteiger partial charge in [0.1, 0.15) is 17.5 Å². The van der Waals surface area contributed by atoms with Crippen molar-refractivity contribution in [2.75, 3.05) is 20.1 Å². The van der Waals surface area contributed by atoms with Crippen molar-refractivity contribution >= 4 is 22.9 Å². The molecule has 2 heterocycles. The first-order valence-electron chi connectivity index (χ1n) is 7.34. The van der Waals surface area contributed by atoms with Gasteiger partial charge in [-0.3, -0.25) is 0 Å². The minimum absolute atomic E-state index is 0.183. The summed E-state index contributed by atoms with van der Waals surface area (Å²) in [5.74, 6) is -0.168. The van der Waals surface area contributed by atoms with Crippen LogP contribution < -0.4 is 4.74 Å². The summed E-state index contributed by atoms with van der Waals surface area (Å²) in [5, 5.41) is 10.1. The van der Waals surface area contributed by atoms with Crippen LogP contribution in [0.25, 0.3) is 17.0 Å². The van der Waals surface area contributed by atoms with Gasteiger partial charge in [-0.25, -0.2) is 4.79 Å². The van der Waals surface area contributed by atoms with E-state index in [1.165, 1.54) is 0 Å². The lowest BCUT2D eigenvalue weighted by atomic mass is 10.1. The van der Waals surface area contributed by atoms with Crippen LogP contribution in [0.4, 0.5) is 0 Å². The van der Waals surface area contributed by atoms with Gasteiger partial charge in [0, 0.05) is 31.1 Å². The first-order chi connectivity index (χ1) is 10.5. The molecular weight excluding hydrogens is 280 g/mol. The predicted molar refractivity (Wildman–Crippen MR) is 86.5 cm³/mol. The van der Waals surface area contributed by atoms with E-state index in [0.29, 0.717) is 0 Å². The van der Waals surface area contributed by atoms with Crippen LogP contribution in [0, 0.1) is 0 Å². The summed E-state index contributed by atoms with van der Waals surface area (Å²) in [6, 6.07) is 5.52. The minimum atomic E-state index is -0.936. The van der Waals surface area contributed by atoms with Crippen molar-refractivity contribution in [1.29, 1.82) is 0 Å². The molecule has 0 aliphatic carbocycles. The van der Waals surface area contributed by atoms with Gasteiger partial charge in [-0.15, -0.1) is 0 Å². The molecule has 1 atom stereocenters. The number of likely N-dealkylation sites (N-methyl/N-ethyl adjacent to an activating group) is 1. The van der Waals surface area contributed by atoms with E-state index in [1.807, 2.05) is 12.1 Å². The number of hydrogen-bond acceptors (Lipinski definition) is 3. The monoisotopic (exact) mass is 300 g/mol. The van der Waals surface area contributed by atoms with Gasteiger partial charge in [-0.2, -0.15) is 0 Å². The zero-order valence-electron chi connectivity index (χ0n) is 12.9. The number of likely N-dealkylation sites (tertiary alicyclic amines) is 1. The number of hydrogen-bond donors (Lipinski definition) is 1. The normalized spacial score (nSPS) is 18.7. The van der Waals surface area contributed by atoms with Gasteiger partial charge in [-0.05, 0) is 31.7 Å². The maximum absolute atomic E-state index is 11.3. The Labute approximate surface area is 129 Å². The highest BCUT2D eigenvalue weighted by molar-refractivity contribution is 5.98. The van der Waals surface area contributed by atoms with Crippen molar-refractivity contribution in [3.05, 3.63) is 36.0 Å². The molecule has 1 N–H and O–H groups in total. The third-order valence-electron chi connectivity index (χ3n) is 4.22. The van der Waals surface area contributed by atoms with Crippen LogP contribution in [0.2, 0.25) is 0 Å². The Morgan fingerprint density at radius 2 is 2.18 bits per heavy atom. The second-order valence-corrected chi connectivity index (χ2v) is 5.84. The second kappa shape index (κ2) is 5.50. The average Bonchev–Trinajstić information content (AvgIpc) is 3.02. The number of aromatic carboxylic acids is 1. The Morgan fingerprint density at radius 1 is 1.41 bits per heavy atom. The number of benzene rings is 1. The summed E-state index contributed by atoms with van der Waals surface area (Å²) >= 11 is 0. The minimum Gasteiger partial charge on any atom is -0.489 e. The Morgan fingerprint density at radius 3 is 2.77 bits per heavy atom. The van der Waals surface area contributed by atoms with Crippen molar-refractivity contribution in [3.8, 4) is 5.75 Å². The number of aromatic nitrogens is 1. The van der Waals surface area contributed by atoms with Crippen molar-refractivity contribution in [2.24, 2.45) is 7.05 Å². The molecule has 1 aromatic carbocycles. The van der Waals surface area contributed by atoms with Crippen molar-refractivity contribution in [1.82, 2.24) is 9.47 Å². The summed E-state index contributed by atoms with van der Waals surface area (Å²) in [6.07, 6.45) is 2.93. The zero-order chi connectivity index (χ0) is 15.9. The van der Waals surface area contributed by atoms with Crippen molar-refractivity contribution in [3.63, 3.8) is 0 Å². The molecule has 1 fully saturated rings. The predicted octanol–water partition coefficient (Wildman–Crippen LogP) is 2.60. The van der Waals surface area contributed by atoms with E-state index < -0.39 is 5.97 Å². The SMILES string of the molecule is C=Cc1cc(OC2CCN(C)C2)cc2cc(C(=O)O)n(C)c12. The molecule has 0 radical (unpaired) electrons. The molecule has 0 spiro atoms. The fraction of sp³-hybridized carbons (Fsp3) is 0.353. The molecule has 1 aliphatic rings. The fourth-order valence-electron chi connectivity index (χ4n) is 3.13. The number of fused-ring (bicyclic) bond motifs is 1. The maximum Gasteiger partial charge on any atom is 0.352 e. The average molecular weight is 300 g/mol. The van der Waals surface area contributed by atoms with Crippen molar-refractivity contribution in [2.45, 2.75) is 12.5 Å².